The fourth-order valence-corrected chi connectivity index (χ4v) is 22.8. The van der Waals surface area contributed by atoms with Gasteiger partial charge in [0.2, 0.25) is 0 Å². The Balaban J connectivity index is 0.863. The third-order valence-electron chi connectivity index (χ3n) is 26.6. The average Bonchev–Trinajstić information content (AvgIpc) is 1.59. The van der Waals surface area contributed by atoms with Crippen LogP contribution in [0.2, 0.25) is 0 Å². The Kier molecular flexibility index (Phi) is 11.2. The van der Waals surface area contributed by atoms with Gasteiger partial charge in [0.05, 0.1) is 38.7 Å². The van der Waals surface area contributed by atoms with E-state index in [1.54, 1.807) is 0 Å². The van der Waals surface area contributed by atoms with Gasteiger partial charge in [-0.05, 0) is 198 Å². The van der Waals surface area contributed by atoms with E-state index in [2.05, 4.69) is 390 Å². The molecule has 2 aliphatic heterocycles. The molecule has 18 aromatic rings. The zero-order chi connectivity index (χ0) is 70.7. The van der Waals surface area contributed by atoms with Gasteiger partial charge in [-0.1, -0.05) is 328 Å². The Hall–Kier alpha value is -13.8. The number of hydrogen-bond acceptors (Lipinski definition) is 2. The summed E-state index contributed by atoms with van der Waals surface area (Å²) in [5, 5.41) is 2.44. The lowest BCUT2D eigenvalue weighted by atomic mass is 9.33. The monoisotopic (exact) mass is 1380 g/mol. The van der Waals surface area contributed by atoms with Crippen LogP contribution in [0.5, 0.6) is 0 Å². The summed E-state index contributed by atoms with van der Waals surface area (Å²) in [6, 6.07) is 146. The molecule has 0 amide bonds. The summed E-state index contributed by atoms with van der Waals surface area (Å²) in [6.45, 7) is -0.288. The number of para-hydroxylation sites is 2. The fourth-order valence-electron chi connectivity index (χ4n) is 22.8. The van der Waals surface area contributed by atoms with Crippen molar-refractivity contribution in [2.45, 2.75) is 16.2 Å². The standard InChI is InChI=1S/C105H62BN3/c1-2-27-63(28-3-1)64-53-55-65(56-54-64)107-96-62-90-79(74-36-11-19-45-84(74)104(90)82-43-17-6-31-69(82)70-32-7-18-44-83(70)104)61-92(96)106-91-58-57-89-99(78-39-12-23-49-88(78)103(89)80-41-15-4-29-67(80)68-30-5-16-42-81(68)103)102(91)109(98-60-66(59-97(107)101(98)106)108-93-50-24-13-37-75(93)76-38-14-25-51-94(76)108)95-52-26-40-77-73-35-10-22-48-87(73)105(100(77)95)85-46-20-8-33-71(85)72-34-9-21-47-86(72)105/h1-62H. The second-order valence-electron chi connectivity index (χ2n) is 31.0. The second kappa shape index (κ2) is 20.8. The summed E-state index contributed by atoms with van der Waals surface area (Å²) in [7, 11) is 0. The van der Waals surface area contributed by atoms with Crippen molar-refractivity contribution >= 4 is 79.0 Å². The maximum Gasteiger partial charge on any atom is 0.252 e. The third-order valence-corrected chi connectivity index (χ3v) is 26.6. The summed E-state index contributed by atoms with van der Waals surface area (Å²) in [6.07, 6.45) is 0. The van der Waals surface area contributed by atoms with E-state index >= 15 is 0 Å². The molecular formula is C105H62BN3. The first-order valence-electron chi connectivity index (χ1n) is 38.4. The first kappa shape index (κ1) is 58.5. The zero-order valence-corrected chi connectivity index (χ0v) is 59.2. The second-order valence-corrected chi connectivity index (χ2v) is 31.0. The highest BCUT2D eigenvalue weighted by Crippen LogP contribution is 2.70. The maximum absolute atomic E-state index is 2.85. The van der Waals surface area contributed by atoms with Gasteiger partial charge >= 0.3 is 0 Å². The number of anilines is 6. The largest absolute Gasteiger partial charge is 0.311 e. The van der Waals surface area contributed by atoms with Gasteiger partial charge in [-0.25, -0.2) is 0 Å². The molecule has 0 bridgehead atoms. The minimum Gasteiger partial charge on any atom is -0.311 e. The van der Waals surface area contributed by atoms with Crippen molar-refractivity contribution in [2.75, 3.05) is 9.80 Å². The Bertz CT molecular complexity index is 6950. The molecule has 3 nitrogen and oxygen atoms in total. The molecule has 0 saturated carbocycles. The van der Waals surface area contributed by atoms with Crippen LogP contribution in [-0.2, 0) is 16.2 Å². The molecule has 109 heavy (non-hydrogen) atoms. The Morgan fingerprint density at radius 2 is 0.615 bits per heavy atom. The van der Waals surface area contributed by atoms with Gasteiger partial charge in [0, 0.05) is 50.3 Å². The first-order chi connectivity index (χ1) is 54.1. The van der Waals surface area contributed by atoms with Gasteiger partial charge in [-0.15, -0.1) is 0 Å². The van der Waals surface area contributed by atoms with Gasteiger partial charge in [-0.2, -0.15) is 0 Å². The van der Waals surface area contributed by atoms with Crippen molar-refractivity contribution in [2.24, 2.45) is 0 Å². The molecule has 0 N–H and O–H groups in total. The predicted octanol–water partition coefficient (Wildman–Crippen LogP) is 23.6. The van der Waals surface area contributed by atoms with E-state index in [1.165, 1.54) is 183 Å². The number of aromatic nitrogens is 1. The van der Waals surface area contributed by atoms with Crippen LogP contribution >= 0.6 is 0 Å². The van der Waals surface area contributed by atoms with Crippen LogP contribution in [0.25, 0.3) is 105 Å². The lowest BCUT2D eigenvalue weighted by Crippen LogP contribution is -2.61. The number of rotatable bonds is 4. The molecule has 6 aliphatic carbocycles. The van der Waals surface area contributed by atoms with Gasteiger partial charge in [0.25, 0.3) is 6.71 Å². The Morgan fingerprint density at radius 1 is 0.220 bits per heavy atom. The van der Waals surface area contributed by atoms with Crippen molar-refractivity contribution in [3.8, 4) is 83.6 Å². The first-order valence-corrected chi connectivity index (χ1v) is 38.4. The molecule has 0 fully saturated rings. The number of benzene rings is 17. The highest BCUT2D eigenvalue weighted by Gasteiger charge is 2.59. The van der Waals surface area contributed by atoms with Crippen LogP contribution in [0.3, 0.4) is 0 Å². The molecule has 0 saturated heterocycles. The molecule has 8 aliphatic rings. The summed E-state index contributed by atoms with van der Waals surface area (Å²) in [4.78, 5) is 5.55. The summed E-state index contributed by atoms with van der Waals surface area (Å²) in [5.74, 6) is 0. The van der Waals surface area contributed by atoms with Crippen molar-refractivity contribution in [3.63, 3.8) is 0 Å². The van der Waals surface area contributed by atoms with Crippen molar-refractivity contribution in [3.05, 3.63) is 443 Å². The van der Waals surface area contributed by atoms with E-state index in [0.29, 0.717) is 0 Å². The smallest absolute Gasteiger partial charge is 0.252 e. The number of fused-ring (bicyclic) bond motifs is 38. The number of hydrogen-bond donors (Lipinski definition) is 0. The van der Waals surface area contributed by atoms with Crippen LogP contribution in [-0.4, -0.2) is 11.3 Å². The van der Waals surface area contributed by atoms with Gasteiger partial charge < -0.3 is 14.4 Å². The van der Waals surface area contributed by atoms with Gasteiger partial charge in [-0.3, -0.25) is 0 Å². The summed E-state index contributed by atoms with van der Waals surface area (Å²) >= 11 is 0. The Morgan fingerprint density at radius 3 is 1.13 bits per heavy atom. The maximum atomic E-state index is 2.85. The highest BCUT2D eigenvalue weighted by molar-refractivity contribution is 7.00. The van der Waals surface area contributed by atoms with Crippen LogP contribution in [0.1, 0.15) is 66.8 Å². The molecule has 0 radical (unpaired) electrons. The van der Waals surface area contributed by atoms with E-state index in [4.69, 9.17) is 0 Å². The summed E-state index contributed by atoms with van der Waals surface area (Å²) < 4.78 is 2.58. The van der Waals surface area contributed by atoms with Crippen LogP contribution in [0.15, 0.2) is 376 Å². The molecule has 500 valence electrons. The molecule has 4 heteroatoms. The minimum absolute atomic E-state index is 0.288. The molecular weight excluding hydrogens is 1310 g/mol. The van der Waals surface area contributed by atoms with E-state index in [1.807, 2.05) is 0 Å². The predicted molar refractivity (Wildman–Crippen MR) is 449 cm³/mol. The molecule has 26 rings (SSSR count). The lowest BCUT2D eigenvalue weighted by Gasteiger charge is -2.47. The van der Waals surface area contributed by atoms with Crippen molar-refractivity contribution in [1.29, 1.82) is 0 Å². The van der Waals surface area contributed by atoms with Gasteiger partial charge in [0.1, 0.15) is 0 Å². The third kappa shape index (κ3) is 6.92. The molecule has 3 heterocycles. The lowest BCUT2D eigenvalue weighted by molar-refractivity contribution is 0.791. The molecule has 0 unspecified atom stereocenters. The SMILES string of the molecule is c1ccc(-c2ccc(N3c4cc5c(cc4B4c6ccc7c(c6N(c6cccc8c6C6(c9ccccc9-c9ccccc96)c6ccccc6-8)c6cc(-n8c9ccccc9c9ccccc98)cc3c64)-c3ccccc3C73c4ccccc4-c4ccccc43)-c3ccccc3C53c4ccccc4-c4ccccc43)cc2)cc1. The average molecular weight is 1380 g/mol. The topological polar surface area (TPSA) is 11.4 Å². The highest BCUT2D eigenvalue weighted by atomic mass is 15.2. The molecule has 17 aromatic carbocycles. The van der Waals surface area contributed by atoms with E-state index in [9.17, 15) is 0 Å². The van der Waals surface area contributed by atoms with Crippen LogP contribution in [0.4, 0.5) is 34.1 Å². The summed E-state index contributed by atoms with van der Waals surface area (Å²) in [5.41, 5.74) is 45.6. The molecule has 0 atom stereocenters. The van der Waals surface area contributed by atoms with Crippen LogP contribution < -0.4 is 26.2 Å². The zero-order valence-electron chi connectivity index (χ0n) is 59.2. The number of nitrogens with zero attached hydrogens (tertiary/aromatic N) is 3. The minimum atomic E-state index is -0.710. The van der Waals surface area contributed by atoms with Crippen molar-refractivity contribution < 1.29 is 0 Å². The molecule has 1 aromatic heterocycles. The fraction of sp³-hybridized carbons (Fsp3) is 0.0286. The van der Waals surface area contributed by atoms with Crippen molar-refractivity contribution in [1.82, 2.24) is 4.57 Å². The van der Waals surface area contributed by atoms with E-state index < -0.39 is 16.2 Å². The molecule has 3 spiro atoms. The van der Waals surface area contributed by atoms with Gasteiger partial charge in [0.15, 0.2) is 0 Å². The Labute approximate surface area is 631 Å². The quantitative estimate of drug-likeness (QED) is 0.163. The van der Waals surface area contributed by atoms with E-state index in [0.717, 1.165) is 39.5 Å². The van der Waals surface area contributed by atoms with Crippen LogP contribution in [0, 0.1) is 0 Å². The normalized spacial score (nSPS) is 15.0. The van der Waals surface area contributed by atoms with E-state index in [-0.39, 0.29) is 6.71 Å².